The van der Waals surface area contributed by atoms with E-state index < -0.39 is 11.7 Å². The average molecular weight is 213 g/mol. The Morgan fingerprint density at radius 1 is 1.13 bits per heavy atom. The van der Waals surface area contributed by atoms with Gasteiger partial charge in [0.15, 0.2) is 0 Å². The van der Waals surface area contributed by atoms with Crippen molar-refractivity contribution in [1.29, 1.82) is 0 Å². The van der Waals surface area contributed by atoms with Gasteiger partial charge in [-0.25, -0.2) is 0 Å². The van der Waals surface area contributed by atoms with Crippen molar-refractivity contribution in [2.45, 2.75) is 13.1 Å². The molecule has 1 aromatic carbocycles. The Morgan fingerprint density at radius 3 is 2.33 bits per heavy atom. The van der Waals surface area contributed by atoms with Crippen LogP contribution in [0.4, 0.5) is 13.2 Å². The van der Waals surface area contributed by atoms with E-state index in [9.17, 15) is 13.2 Å². The fourth-order valence-corrected chi connectivity index (χ4v) is 1.88. The lowest BCUT2D eigenvalue weighted by molar-refractivity contribution is -0.136. The maximum absolute atomic E-state index is 12.8. The van der Waals surface area contributed by atoms with E-state index in [-0.39, 0.29) is 11.1 Å². The normalized spacial score (nSPS) is 12.3. The minimum Gasteiger partial charge on any atom is -0.347 e. The number of para-hydroxylation sites is 1. The number of hydrogen-bond donors (Lipinski definition) is 0. The number of fused-ring (bicyclic) bond motifs is 1. The molecule has 0 bridgehead atoms. The first-order chi connectivity index (χ1) is 6.93. The van der Waals surface area contributed by atoms with Gasteiger partial charge < -0.3 is 4.57 Å². The maximum Gasteiger partial charge on any atom is 0.418 e. The first kappa shape index (κ1) is 10.1. The van der Waals surface area contributed by atoms with Gasteiger partial charge in [0, 0.05) is 23.6 Å². The molecule has 15 heavy (non-hydrogen) atoms. The molecule has 2 rings (SSSR count). The summed E-state index contributed by atoms with van der Waals surface area (Å²) in [5.41, 5.74) is 0.339. The van der Waals surface area contributed by atoms with E-state index in [1.165, 1.54) is 13.0 Å². The molecule has 4 heteroatoms. The van der Waals surface area contributed by atoms with E-state index >= 15 is 0 Å². The van der Waals surface area contributed by atoms with Gasteiger partial charge in [-0.15, -0.1) is 0 Å². The van der Waals surface area contributed by atoms with Crippen LogP contribution < -0.4 is 0 Å². The highest BCUT2D eigenvalue weighted by Gasteiger charge is 2.36. The third kappa shape index (κ3) is 1.40. The molecule has 80 valence electrons. The lowest BCUT2D eigenvalue weighted by Gasteiger charge is -2.06. The highest BCUT2D eigenvalue weighted by atomic mass is 19.4. The van der Waals surface area contributed by atoms with Crippen molar-refractivity contribution in [3.63, 3.8) is 0 Å². The quantitative estimate of drug-likeness (QED) is 0.631. The zero-order valence-corrected chi connectivity index (χ0v) is 8.39. The molecule has 1 aromatic heterocycles. The predicted molar refractivity (Wildman–Crippen MR) is 52.7 cm³/mol. The largest absolute Gasteiger partial charge is 0.418 e. The number of nitrogens with zero attached hydrogens (tertiary/aromatic N) is 1. The van der Waals surface area contributed by atoms with Gasteiger partial charge >= 0.3 is 6.18 Å². The molecule has 0 aliphatic carbocycles. The molecule has 0 saturated heterocycles. The summed E-state index contributed by atoms with van der Waals surface area (Å²) in [6, 6.07) is 6.56. The third-order valence-corrected chi connectivity index (χ3v) is 2.68. The number of alkyl halides is 3. The minimum absolute atomic E-state index is 0.253. The summed E-state index contributed by atoms with van der Waals surface area (Å²) in [7, 11) is 1.65. The monoisotopic (exact) mass is 213 g/mol. The Labute approximate surface area is 85.1 Å². The molecule has 0 atom stereocenters. The van der Waals surface area contributed by atoms with Crippen LogP contribution in [0.15, 0.2) is 24.3 Å². The molecule has 0 N–H and O–H groups in total. The molecule has 0 radical (unpaired) electrons. The van der Waals surface area contributed by atoms with Gasteiger partial charge in [-0.3, -0.25) is 0 Å². The molecule has 2 aromatic rings. The Bertz CT molecular complexity index is 508. The SMILES string of the molecule is Cc1c(C(F)(F)F)c2ccccc2n1C. The third-order valence-electron chi connectivity index (χ3n) is 2.68. The molecular weight excluding hydrogens is 203 g/mol. The maximum atomic E-state index is 12.8. The highest BCUT2D eigenvalue weighted by molar-refractivity contribution is 5.85. The second-order valence-electron chi connectivity index (χ2n) is 3.53. The smallest absolute Gasteiger partial charge is 0.347 e. The number of rotatable bonds is 0. The van der Waals surface area contributed by atoms with E-state index in [0.717, 1.165) is 0 Å². The van der Waals surface area contributed by atoms with Crippen LogP contribution in [0.3, 0.4) is 0 Å². The molecule has 0 unspecified atom stereocenters. The van der Waals surface area contributed by atoms with Crippen LogP contribution in [0.2, 0.25) is 0 Å². The summed E-state index contributed by atoms with van der Waals surface area (Å²) in [4.78, 5) is 0. The van der Waals surface area contributed by atoms with Gasteiger partial charge in [-0.05, 0) is 13.0 Å². The lowest BCUT2D eigenvalue weighted by Crippen LogP contribution is -2.07. The van der Waals surface area contributed by atoms with Gasteiger partial charge in [0.25, 0.3) is 0 Å². The van der Waals surface area contributed by atoms with Gasteiger partial charge in [-0.1, -0.05) is 18.2 Å². The molecular formula is C11H10F3N. The lowest BCUT2D eigenvalue weighted by atomic mass is 10.1. The van der Waals surface area contributed by atoms with Crippen LogP contribution in [0.25, 0.3) is 10.9 Å². The summed E-state index contributed by atoms with van der Waals surface area (Å²) in [5, 5.41) is 0.269. The van der Waals surface area contributed by atoms with Crippen LogP contribution in [-0.2, 0) is 13.2 Å². The van der Waals surface area contributed by atoms with E-state index in [1.54, 1.807) is 29.8 Å². The molecule has 0 aliphatic heterocycles. The predicted octanol–water partition coefficient (Wildman–Crippen LogP) is 3.51. The summed E-state index contributed by atoms with van der Waals surface area (Å²) in [5.74, 6) is 0. The van der Waals surface area contributed by atoms with E-state index in [2.05, 4.69) is 0 Å². The second-order valence-corrected chi connectivity index (χ2v) is 3.53. The fraction of sp³-hybridized carbons (Fsp3) is 0.273. The molecule has 1 heterocycles. The number of aryl methyl sites for hydroxylation is 1. The van der Waals surface area contributed by atoms with E-state index in [0.29, 0.717) is 5.52 Å². The van der Waals surface area contributed by atoms with Crippen molar-refractivity contribution in [2.75, 3.05) is 0 Å². The first-order valence-electron chi connectivity index (χ1n) is 4.54. The molecule has 0 aliphatic rings. The van der Waals surface area contributed by atoms with Crippen molar-refractivity contribution in [1.82, 2.24) is 4.57 Å². The molecule has 0 amide bonds. The Balaban J connectivity index is 2.90. The van der Waals surface area contributed by atoms with Crippen LogP contribution >= 0.6 is 0 Å². The molecule has 0 spiro atoms. The molecule has 0 fully saturated rings. The van der Waals surface area contributed by atoms with Gasteiger partial charge in [0.05, 0.1) is 5.56 Å². The van der Waals surface area contributed by atoms with Gasteiger partial charge in [-0.2, -0.15) is 13.2 Å². The zero-order chi connectivity index (χ0) is 11.2. The summed E-state index contributed by atoms with van der Waals surface area (Å²) < 4.78 is 39.9. The van der Waals surface area contributed by atoms with Crippen molar-refractivity contribution in [3.8, 4) is 0 Å². The first-order valence-corrected chi connectivity index (χ1v) is 4.54. The van der Waals surface area contributed by atoms with E-state index in [4.69, 9.17) is 0 Å². The topological polar surface area (TPSA) is 4.93 Å². The van der Waals surface area contributed by atoms with Crippen LogP contribution in [-0.4, -0.2) is 4.57 Å². The van der Waals surface area contributed by atoms with Crippen molar-refractivity contribution < 1.29 is 13.2 Å². The number of halogens is 3. The second kappa shape index (κ2) is 3.02. The van der Waals surface area contributed by atoms with Crippen LogP contribution in [0.1, 0.15) is 11.3 Å². The molecule has 1 nitrogen and oxygen atoms in total. The minimum atomic E-state index is -4.29. The van der Waals surface area contributed by atoms with E-state index in [1.807, 2.05) is 0 Å². The van der Waals surface area contributed by atoms with Crippen LogP contribution in [0.5, 0.6) is 0 Å². The standard InChI is InChI=1S/C11H10F3N/c1-7-10(11(12,13)14)8-5-3-4-6-9(8)15(7)2/h3-6H,1-2H3. The van der Waals surface area contributed by atoms with Crippen LogP contribution in [0, 0.1) is 6.92 Å². The van der Waals surface area contributed by atoms with Crippen molar-refractivity contribution in [2.24, 2.45) is 7.05 Å². The summed E-state index contributed by atoms with van der Waals surface area (Å²) >= 11 is 0. The van der Waals surface area contributed by atoms with Gasteiger partial charge in [0.1, 0.15) is 0 Å². The molecule has 0 saturated carbocycles. The van der Waals surface area contributed by atoms with Crippen molar-refractivity contribution in [3.05, 3.63) is 35.5 Å². The Kier molecular flexibility index (Phi) is 2.03. The highest BCUT2D eigenvalue weighted by Crippen LogP contribution is 2.38. The number of aromatic nitrogens is 1. The van der Waals surface area contributed by atoms with Gasteiger partial charge in [0.2, 0.25) is 0 Å². The zero-order valence-electron chi connectivity index (χ0n) is 8.39. The number of benzene rings is 1. The Morgan fingerprint density at radius 2 is 1.73 bits per heavy atom. The fourth-order valence-electron chi connectivity index (χ4n) is 1.88. The van der Waals surface area contributed by atoms with Crippen molar-refractivity contribution >= 4 is 10.9 Å². The summed E-state index contributed by atoms with van der Waals surface area (Å²) in [6.45, 7) is 1.49. The average Bonchev–Trinajstić information content (AvgIpc) is 2.39. The number of hydrogen-bond acceptors (Lipinski definition) is 0. The summed E-state index contributed by atoms with van der Waals surface area (Å²) in [6.07, 6.45) is -4.29. The Hall–Kier alpha value is -1.45.